The first kappa shape index (κ1) is 9.81. The van der Waals surface area contributed by atoms with Crippen LogP contribution < -0.4 is 4.74 Å². The first-order valence-corrected chi connectivity index (χ1v) is 4.92. The van der Waals surface area contributed by atoms with Gasteiger partial charge in [-0.3, -0.25) is 0 Å². The molecule has 3 heteroatoms. The van der Waals surface area contributed by atoms with Crippen molar-refractivity contribution in [3.05, 3.63) is 34.8 Å². The molecular formula is C9H8Br2O. The van der Waals surface area contributed by atoms with E-state index in [1.807, 2.05) is 18.2 Å². The molecule has 0 aliphatic rings. The van der Waals surface area contributed by atoms with E-state index < -0.39 is 0 Å². The SMILES string of the molecule is C=C(Br)c1ccc(Br)cc1OC. The lowest BCUT2D eigenvalue weighted by Gasteiger charge is -2.06. The van der Waals surface area contributed by atoms with Gasteiger partial charge in [0.05, 0.1) is 7.11 Å². The summed E-state index contributed by atoms with van der Waals surface area (Å²) in [5, 5.41) is 0. The highest BCUT2D eigenvalue weighted by Gasteiger charge is 2.03. The summed E-state index contributed by atoms with van der Waals surface area (Å²) in [7, 11) is 1.64. The number of methoxy groups -OCH3 is 1. The quantitative estimate of drug-likeness (QED) is 0.805. The average molecular weight is 292 g/mol. The zero-order valence-corrected chi connectivity index (χ0v) is 9.78. The zero-order chi connectivity index (χ0) is 9.14. The van der Waals surface area contributed by atoms with Crippen LogP contribution in [0, 0.1) is 0 Å². The normalized spacial score (nSPS) is 9.58. The van der Waals surface area contributed by atoms with E-state index in [2.05, 4.69) is 38.4 Å². The number of halogens is 2. The Morgan fingerprint density at radius 3 is 2.67 bits per heavy atom. The molecule has 0 spiro atoms. The molecule has 0 unspecified atom stereocenters. The van der Waals surface area contributed by atoms with Crippen molar-refractivity contribution in [1.82, 2.24) is 0 Å². The second kappa shape index (κ2) is 4.10. The minimum atomic E-state index is 0.811. The van der Waals surface area contributed by atoms with E-state index in [1.165, 1.54) is 0 Å². The lowest BCUT2D eigenvalue weighted by Crippen LogP contribution is -1.87. The van der Waals surface area contributed by atoms with E-state index in [1.54, 1.807) is 7.11 Å². The monoisotopic (exact) mass is 290 g/mol. The third kappa shape index (κ3) is 2.11. The van der Waals surface area contributed by atoms with Gasteiger partial charge in [-0.05, 0) is 18.2 Å². The standard InChI is InChI=1S/C9H8Br2O/c1-6(10)8-4-3-7(11)5-9(8)12-2/h3-5H,1H2,2H3. The topological polar surface area (TPSA) is 9.23 Å². The van der Waals surface area contributed by atoms with Crippen molar-refractivity contribution in [1.29, 1.82) is 0 Å². The van der Waals surface area contributed by atoms with Gasteiger partial charge in [-0.2, -0.15) is 0 Å². The molecular weight excluding hydrogens is 284 g/mol. The minimum Gasteiger partial charge on any atom is -0.496 e. The van der Waals surface area contributed by atoms with Crippen LogP contribution in [0.1, 0.15) is 5.56 Å². The summed E-state index contributed by atoms with van der Waals surface area (Å²) in [6.07, 6.45) is 0. The van der Waals surface area contributed by atoms with Crippen LogP contribution in [0.5, 0.6) is 5.75 Å². The highest BCUT2D eigenvalue weighted by Crippen LogP contribution is 2.30. The van der Waals surface area contributed by atoms with Crippen molar-refractivity contribution >= 4 is 36.3 Å². The van der Waals surface area contributed by atoms with Crippen molar-refractivity contribution in [3.8, 4) is 5.75 Å². The van der Waals surface area contributed by atoms with E-state index in [4.69, 9.17) is 4.74 Å². The smallest absolute Gasteiger partial charge is 0.128 e. The maximum absolute atomic E-state index is 5.17. The third-order valence-electron chi connectivity index (χ3n) is 1.46. The minimum absolute atomic E-state index is 0.811. The fourth-order valence-corrected chi connectivity index (χ4v) is 1.56. The van der Waals surface area contributed by atoms with Crippen molar-refractivity contribution < 1.29 is 4.74 Å². The fourth-order valence-electron chi connectivity index (χ4n) is 0.889. The van der Waals surface area contributed by atoms with Gasteiger partial charge in [-0.15, -0.1) is 0 Å². The highest BCUT2D eigenvalue weighted by molar-refractivity contribution is 9.15. The van der Waals surface area contributed by atoms with Gasteiger partial charge in [0, 0.05) is 14.5 Å². The molecule has 0 amide bonds. The number of rotatable bonds is 2. The van der Waals surface area contributed by atoms with Gasteiger partial charge in [-0.1, -0.05) is 38.4 Å². The van der Waals surface area contributed by atoms with E-state index in [0.717, 1.165) is 20.3 Å². The maximum atomic E-state index is 5.17. The van der Waals surface area contributed by atoms with Crippen LogP contribution in [0.15, 0.2) is 29.3 Å². The summed E-state index contributed by atoms with van der Waals surface area (Å²) >= 11 is 6.67. The number of hydrogen-bond acceptors (Lipinski definition) is 1. The molecule has 0 heterocycles. The van der Waals surface area contributed by atoms with Gasteiger partial charge in [0.2, 0.25) is 0 Å². The molecule has 12 heavy (non-hydrogen) atoms. The third-order valence-corrected chi connectivity index (χ3v) is 2.38. The van der Waals surface area contributed by atoms with Crippen LogP contribution in [0.25, 0.3) is 4.48 Å². The van der Waals surface area contributed by atoms with Crippen molar-refractivity contribution in [2.75, 3.05) is 7.11 Å². The van der Waals surface area contributed by atoms with Crippen LogP contribution in [0.3, 0.4) is 0 Å². The Morgan fingerprint density at radius 1 is 1.50 bits per heavy atom. The number of benzene rings is 1. The van der Waals surface area contributed by atoms with E-state index in [9.17, 15) is 0 Å². The van der Waals surface area contributed by atoms with E-state index >= 15 is 0 Å². The molecule has 0 saturated heterocycles. The Bertz CT molecular complexity index is 307. The molecule has 1 aromatic rings. The summed E-state index contributed by atoms with van der Waals surface area (Å²) < 4.78 is 6.99. The van der Waals surface area contributed by atoms with E-state index in [0.29, 0.717) is 0 Å². The molecule has 0 fully saturated rings. The summed E-state index contributed by atoms with van der Waals surface area (Å²) in [5.74, 6) is 0.811. The Morgan fingerprint density at radius 2 is 2.17 bits per heavy atom. The van der Waals surface area contributed by atoms with Gasteiger partial charge < -0.3 is 4.74 Å². The molecule has 1 rings (SSSR count). The largest absolute Gasteiger partial charge is 0.496 e. The van der Waals surface area contributed by atoms with Crippen LogP contribution in [-0.4, -0.2) is 7.11 Å². The lowest BCUT2D eigenvalue weighted by molar-refractivity contribution is 0.413. The first-order chi connectivity index (χ1) is 5.65. The average Bonchev–Trinajstić information content (AvgIpc) is 2.03. The number of hydrogen-bond donors (Lipinski definition) is 0. The van der Waals surface area contributed by atoms with Crippen LogP contribution in [0.4, 0.5) is 0 Å². The highest BCUT2D eigenvalue weighted by atomic mass is 79.9. The molecule has 0 aromatic heterocycles. The Balaban J connectivity index is 3.20. The van der Waals surface area contributed by atoms with Crippen molar-refractivity contribution in [3.63, 3.8) is 0 Å². The Kier molecular flexibility index (Phi) is 3.35. The molecule has 0 radical (unpaired) electrons. The van der Waals surface area contributed by atoms with Crippen LogP contribution in [0.2, 0.25) is 0 Å². The zero-order valence-electron chi connectivity index (χ0n) is 6.60. The van der Waals surface area contributed by atoms with Gasteiger partial charge >= 0.3 is 0 Å². The van der Waals surface area contributed by atoms with Crippen LogP contribution in [-0.2, 0) is 0 Å². The van der Waals surface area contributed by atoms with E-state index in [-0.39, 0.29) is 0 Å². The van der Waals surface area contributed by atoms with Crippen LogP contribution >= 0.6 is 31.9 Å². The van der Waals surface area contributed by atoms with Gasteiger partial charge in [0.1, 0.15) is 5.75 Å². The second-order valence-corrected chi connectivity index (χ2v) is 4.12. The summed E-state index contributed by atoms with van der Waals surface area (Å²) in [6, 6.07) is 5.80. The summed E-state index contributed by atoms with van der Waals surface area (Å²) in [4.78, 5) is 0. The molecule has 0 aliphatic carbocycles. The molecule has 0 saturated carbocycles. The molecule has 1 nitrogen and oxygen atoms in total. The van der Waals surface area contributed by atoms with Crippen molar-refractivity contribution in [2.24, 2.45) is 0 Å². The molecule has 0 atom stereocenters. The number of ether oxygens (including phenoxy) is 1. The lowest BCUT2D eigenvalue weighted by atomic mass is 10.2. The van der Waals surface area contributed by atoms with Crippen molar-refractivity contribution in [2.45, 2.75) is 0 Å². The molecule has 0 aliphatic heterocycles. The fraction of sp³-hybridized carbons (Fsp3) is 0.111. The van der Waals surface area contributed by atoms with Gasteiger partial charge in [0.15, 0.2) is 0 Å². The molecule has 0 N–H and O–H groups in total. The van der Waals surface area contributed by atoms with Gasteiger partial charge in [0.25, 0.3) is 0 Å². The predicted octanol–water partition coefficient (Wildman–Crippen LogP) is 3.82. The molecule has 1 aromatic carbocycles. The Hall–Kier alpha value is -0.280. The summed E-state index contributed by atoms with van der Waals surface area (Å²) in [5.41, 5.74) is 0.973. The molecule has 64 valence electrons. The molecule has 0 bridgehead atoms. The second-order valence-electron chi connectivity index (χ2n) is 2.25. The summed E-state index contributed by atoms with van der Waals surface area (Å²) in [6.45, 7) is 3.79. The predicted molar refractivity (Wildman–Crippen MR) is 58.7 cm³/mol. The maximum Gasteiger partial charge on any atom is 0.128 e. The first-order valence-electron chi connectivity index (χ1n) is 3.33. The van der Waals surface area contributed by atoms with Gasteiger partial charge in [-0.25, -0.2) is 0 Å². The Labute approximate surface area is 88.7 Å².